The molecule has 3 aliphatic rings. The standard InChI is InChI=1S/C58H35BN4O/c1-3-18-36(19-4-1)55-60-56(43-26-17-30-47-52(43)42-25-9-13-29-46(42)58(47)44-27-11-7-22-38(44)39-23-8-12-28-45(39)58)62-57(61-55)63-50-32-15-10-24-40(50)41-34-35-49-54(53(41)63)64-51-33-16-14-31-48(51)59(49)37-20-5-2-6-21-37/h1-35H. The molecule has 296 valence electrons. The highest BCUT2D eigenvalue weighted by Gasteiger charge is 2.52. The zero-order chi connectivity index (χ0) is 41.9. The number of rotatable bonds is 4. The van der Waals surface area contributed by atoms with Crippen molar-refractivity contribution >= 4 is 44.9 Å². The van der Waals surface area contributed by atoms with Crippen LogP contribution in [0.25, 0.3) is 72.8 Å². The van der Waals surface area contributed by atoms with Gasteiger partial charge >= 0.3 is 0 Å². The Morgan fingerprint density at radius 1 is 0.422 bits per heavy atom. The van der Waals surface area contributed by atoms with Crippen LogP contribution in [0.15, 0.2) is 212 Å². The largest absolute Gasteiger partial charge is 0.456 e. The fourth-order valence-corrected chi connectivity index (χ4v) is 11.3. The predicted octanol–water partition coefficient (Wildman–Crippen LogP) is 11.3. The maximum atomic E-state index is 7.08. The first-order chi connectivity index (χ1) is 31.8. The van der Waals surface area contributed by atoms with Crippen molar-refractivity contribution in [3.8, 4) is 62.5 Å². The number of nitrogens with zero attached hydrogens (tertiary/aromatic N) is 4. The minimum Gasteiger partial charge on any atom is -0.456 e. The van der Waals surface area contributed by atoms with Gasteiger partial charge in [0, 0.05) is 21.9 Å². The molecule has 0 fully saturated rings. The molecule has 1 spiro atoms. The lowest BCUT2D eigenvalue weighted by Gasteiger charge is -2.30. The highest BCUT2D eigenvalue weighted by Crippen LogP contribution is 2.63. The molecule has 6 heteroatoms. The summed E-state index contributed by atoms with van der Waals surface area (Å²) in [5, 5.41) is 2.16. The molecule has 0 saturated carbocycles. The molecule has 0 bridgehead atoms. The van der Waals surface area contributed by atoms with Gasteiger partial charge in [0.1, 0.15) is 11.5 Å². The summed E-state index contributed by atoms with van der Waals surface area (Å²) in [5.74, 6) is 3.38. The number of hydrogen-bond donors (Lipinski definition) is 0. The lowest BCUT2D eigenvalue weighted by molar-refractivity contribution is 0.491. The van der Waals surface area contributed by atoms with E-state index in [1.54, 1.807) is 0 Å². The zero-order valence-electron chi connectivity index (χ0n) is 34.5. The molecule has 0 unspecified atom stereocenters. The Balaban J connectivity index is 1.07. The van der Waals surface area contributed by atoms with Crippen molar-refractivity contribution < 1.29 is 4.74 Å². The number of benzene rings is 9. The third kappa shape index (κ3) is 4.71. The summed E-state index contributed by atoms with van der Waals surface area (Å²) in [7, 11) is 0. The van der Waals surface area contributed by atoms with Crippen molar-refractivity contribution in [2.75, 3.05) is 0 Å². The van der Waals surface area contributed by atoms with Crippen LogP contribution in [-0.4, -0.2) is 26.2 Å². The Morgan fingerprint density at radius 3 is 1.80 bits per heavy atom. The van der Waals surface area contributed by atoms with E-state index in [1.807, 2.05) is 18.2 Å². The second-order valence-corrected chi connectivity index (χ2v) is 17.0. The number of fused-ring (bicyclic) bond motifs is 16. The first kappa shape index (κ1) is 35.3. The number of aromatic nitrogens is 4. The SMILES string of the molecule is c1ccc(B2c3ccccc3Oc3c2ccc2c4ccccc4n(-c4nc(-c5ccccc5)nc(-c5cccc6c5-c5ccccc5C65c6ccccc6-c6ccccc65)n4)c32)cc1. The molecule has 64 heavy (non-hydrogen) atoms. The predicted molar refractivity (Wildman–Crippen MR) is 259 cm³/mol. The molecule has 2 aliphatic carbocycles. The van der Waals surface area contributed by atoms with Crippen LogP contribution in [-0.2, 0) is 5.41 Å². The zero-order valence-corrected chi connectivity index (χ0v) is 34.5. The number of para-hydroxylation sites is 2. The van der Waals surface area contributed by atoms with E-state index in [1.165, 1.54) is 44.4 Å². The van der Waals surface area contributed by atoms with E-state index in [4.69, 9.17) is 19.7 Å². The first-order valence-corrected chi connectivity index (χ1v) is 21.9. The van der Waals surface area contributed by atoms with E-state index in [-0.39, 0.29) is 6.71 Å². The van der Waals surface area contributed by atoms with Crippen molar-refractivity contribution in [2.24, 2.45) is 0 Å². The third-order valence-electron chi connectivity index (χ3n) is 13.8. The maximum Gasteiger partial charge on any atom is 0.251 e. The molecular formula is C58H35BN4O. The van der Waals surface area contributed by atoms with E-state index in [0.717, 1.165) is 60.9 Å². The van der Waals surface area contributed by atoms with Crippen LogP contribution >= 0.6 is 0 Å². The van der Waals surface area contributed by atoms with Crippen molar-refractivity contribution in [3.05, 3.63) is 235 Å². The molecule has 0 amide bonds. The minimum absolute atomic E-state index is 0.0315. The summed E-state index contributed by atoms with van der Waals surface area (Å²) >= 11 is 0. The fraction of sp³-hybridized carbons (Fsp3) is 0.0172. The molecule has 1 aliphatic heterocycles. The van der Waals surface area contributed by atoms with Crippen molar-refractivity contribution in [2.45, 2.75) is 5.41 Å². The second-order valence-electron chi connectivity index (χ2n) is 17.0. The summed E-state index contributed by atoms with van der Waals surface area (Å²) in [6.45, 7) is -0.0315. The number of ether oxygens (including phenoxy) is 1. The Bertz CT molecular complexity index is 3680. The van der Waals surface area contributed by atoms with Gasteiger partial charge < -0.3 is 4.74 Å². The van der Waals surface area contributed by atoms with Crippen LogP contribution in [0, 0.1) is 0 Å². The average molecular weight is 815 g/mol. The van der Waals surface area contributed by atoms with Crippen molar-refractivity contribution in [1.82, 2.24) is 19.5 Å². The van der Waals surface area contributed by atoms with Gasteiger partial charge in [0.2, 0.25) is 5.95 Å². The molecule has 3 heterocycles. The van der Waals surface area contributed by atoms with Gasteiger partial charge in [-0.2, -0.15) is 9.97 Å². The fourth-order valence-electron chi connectivity index (χ4n) is 11.3. The van der Waals surface area contributed by atoms with Crippen LogP contribution < -0.4 is 21.1 Å². The lowest BCUT2D eigenvalue weighted by Crippen LogP contribution is -2.54. The number of hydrogen-bond acceptors (Lipinski definition) is 4. The van der Waals surface area contributed by atoms with E-state index in [0.29, 0.717) is 17.6 Å². The molecular weight excluding hydrogens is 779 g/mol. The normalized spacial score (nSPS) is 13.5. The molecule has 5 nitrogen and oxygen atoms in total. The molecule has 14 rings (SSSR count). The highest BCUT2D eigenvalue weighted by molar-refractivity contribution is 6.97. The Hall–Kier alpha value is -8.35. The van der Waals surface area contributed by atoms with E-state index >= 15 is 0 Å². The summed E-state index contributed by atoms with van der Waals surface area (Å²) < 4.78 is 9.29. The molecule has 11 aromatic rings. The van der Waals surface area contributed by atoms with Gasteiger partial charge in [0.15, 0.2) is 11.6 Å². The quantitative estimate of drug-likeness (QED) is 0.166. The molecule has 0 atom stereocenters. The van der Waals surface area contributed by atoms with Gasteiger partial charge in [-0.15, -0.1) is 0 Å². The molecule has 0 N–H and O–H groups in total. The van der Waals surface area contributed by atoms with E-state index in [9.17, 15) is 0 Å². The van der Waals surface area contributed by atoms with E-state index in [2.05, 4.69) is 199 Å². The van der Waals surface area contributed by atoms with Gasteiger partial charge in [-0.1, -0.05) is 206 Å². The van der Waals surface area contributed by atoms with Gasteiger partial charge in [0.05, 0.1) is 16.4 Å². The van der Waals surface area contributed by atoms with Crippen LogP contribution in [0.1, 0.15) is 22.3 Å². The Labute approximate surface area is 370 Å². The molecule has 0 radical (unpaired) electrons. The molecule has 2 aromatic heterocycles. The Kier molecular flexibility index (Phi) is 7.34. The summed E-state index contributed by atoms with van der Waals surface area (Å²) in [4.78, 5) is 16.4. The van der Waals surface area contributed by atoms with Crippen molar-refractivity contribution in [1.29, 1.82) is 0 Å². The maximum absolute atomic E-state index is 7.08. The minimum atomic E-state index is -0.498. The monoisotopic (exact) mass is 814 g/mol. The smallest absolute Gasteiger partial charge is 0.251 e. The van der Waals surface area contributed by atoms with Gasteiger partial charge in [-0.05, 0) is 67.6 Å². The first-order valence-electron chi connectivity index (χ1n) is 21.9. The van der Waals surface area contributed by atoms with E-state index < -0.39 is 5.41 Å². The third-order valence-corrected chi connectivity index (χ3v) is 13.8. The summed E-state index contributed by atoms with van der Waals surface area (Å²) in [6, 6.07) is 75.9. The van der Waals surface area contributed by atoms with Crippen LogP contribution in [0.2, 0.25) is 0 Å². The molecule has 9 aromatic carbocycles. The van der Waals surface area contributed by atoms with Gasteiger partial charge in [-0.3, -0.25) is 4.57 Å². The summed E-state index contributed by atoms with van der Waals surface area (Å²) in [6.07, 6.45) is 0. The average Bonchev–Trinajstić information content (AvgIpc) is 3.98. The van der Waals surface area contributed by atoms with Gasteiger partial charge in [0.25, 0.3) is 6.71 Å². The van der Waals surface area contributed by atoms with Crippen LogP contribution in [0.5, 0.6) is 11.5 Å². The van der Waals surface area contributed by atoms with Gasteiger partial charge in [-0.25, -0.2) is 4.98 Å². The highest BCUT2D eigenvalue weighted by atomic mass is 16.5. The van der Waals surface area contributed by atoms with Crippen LogP contribution in [0.4, 0.5) is 0 Å². The van der Waals surface area contributed by atoms with Crippen LogP contribution in [0.3, 0.4) is 0 Å². The van der Waals surface area contributed by atoms with Crippen molar-refractivity contribution in [3.63, 3.8) is 0 Å². The second kappa shape index (κ2) is 13.3. The Morgan fingerprint density at radius 2 is 1.02 bits per heavy atom. The summed E-state index contributed by atoms with van der Waals surface area (Å²) in [5.41, 5.74) is 16.7. The lowest BCUT2D eigenvalue weighted by atomic mass is 9.36. The topological polar surface area (TPSA) is 52.8 Å². The molecule has 0 saturated heterocycles.